The van der Waals surface area contributed by atoms with E-state index in [9.17, 15) is 10.0 Å². The van der Waals surface area contributed by atoms with Gasteiger partial charge in [0.25, 0.3) is 0 Å². The number of hydrogen-bond donors (Lipinski definition) is 1. The zero-order valence-corrected chi connectivity index (χ0v) is 19.7. The normalized spacial score (nSPS) is 18.4. The van der Waals surface area contributed by atoms with Gasteiger partial charge in [0.1, 0.15) is 0 Å². The molecule has 1 N–H and O–H groups in total. The van der Waals surface area contributed by atoms with E-state index in [1.165, 1.54) is 0 Å². The topological polar surface area (TPSA) is 98.3 Å². The molecule has 7 heteroatoms. The number of aliphatic hydroxyl groups excluding tert-OH is 1. The van der Waals surface area contributed by atoms with Gasteiger partial charge in [0.15, 0.2) is 11.5 Å². The molecule has 0 amide bonds. The van der Waals surface area contributed by atoms with Crippen molar-refractivity contribution in [2.24, 2.45) is 10.2 Å². The molecule has 1 fully saturated rings. The van der Waals surface area contributed by atoms with E-state index in [1.807, 2.05) is 32.0 Å². The molecule has 2 atom stereocenters. The van der Waals surface area contributed by atoms with Gasteiger partial charge in [-0.15, -0.1) is 4.91 Å². The number of benzene rings is 3. The second-order valence-electron chi connectivity index (χ2n) is 8.55. The molecule has 176 valence electrons. The zero-order chi connectivity index (χ0) is 24.9. The summed E-state index contributed by atoms with van der Waals surface area (Å²) in [6.07, 6.45) is 0.255. The van der Waals surface area contributed by atoms with Crippen molar-refractivity contribution in [3.8, 4) is 17.2 Å². The summed E-state index contributed by atoms with van der Waals surface area (Å²) >= 11 is 0. The lowest BCUT2D eigenvalue weighted by Crippen LogP contribution is -2.45. The highest BCUT2D eigenvalue weighted by atomic mass is 16.5. The van der Waals surface area contributed by atoms with E-state index in [1.54, 1.807) is 48.5 Å². The molecule has 1 aliphatic heterocycles. The number of hydrogen-bond acceptors (Lipinski definition) is 7. The lowest BCUT2D eigenvalue weighted by molar-refractivity contribution is -0.00521. The summed E-state index contributed by atoms with van der Waals surface area (Å²) in [7, 11) is 0. The van der Waals surface area contributed by atoms with Crippen molar-refractivity contribution in [3.05, 3.63) is 88.3 Å². The molecule has 3 aromatic carbocycles. The number of ether oxygens (including phenoxy) is 1. The molecule has 0 bridgehead atoms. The largest absolute Gasteiger partial charge is 0.505 e. The minimum absolute atomic E-state index is 0.0813. The van der Waals surface area contributed by atoms with Crippen LogP contribution >= 0.6 is 0 Å². The maximum absolute atomic E-state index is 11.8. The van der Waals surface area contributed by atoms with Gasteiger partial charge in [0, 0.05) is 35.5 Å². The van der Waals surface area contributed by atoms with Crippen molar-refractivity contribution in [1.82, 2.24) is 0 Å². The number of aliphatic hydroxyl groups is 1. The van der Waals surface area contributed by atoms with Gasteiger partial charge in [-0.25, -0.2) is 0 Å². The first-order chi connectivity index (χ1) is 16.9. The van der Waals surface area contributed by atoms with Crippen LogP contribution in [0.1, 0.15) is 30.5 Å². The third kappa shape index (κ3) is 4.98. The Labute approximate surface area is 204 Å². The maximum Gasteiger partial charge on any atom is 0.157 e. The molecule has 0 aromatic heterocycles. The van der Waals surface area contributed by atoms with Crippen LogP contribution in [0.2, 0.25) is 0 Å². The number of morpholine rings is 1. The lowest BCUT2D eigenvalue weighted by Gasteiger charge is -2.36. The van der Waals surface area contributed by atoms with Crippen LogP contribution < -0.4 is 4.90 Å². The predicted molar refractivity (Wildman–Crippen MR) is 140 cm³/mol. The van der Waals surface area contributed by atoms with Crippen LogP contribution in [0.5, 0.6) is 0 Å². The fraction of sp³-hybridized carbons (Fsp3) is 0.214. The van der Waals surface area contributed by atoms with E-state index in [0.29, 0.717) is 27.9 Å². The highest BCUT2D eigenvalue weighted by molar-refractivity contribution is 5.94. The number of anilines is 1. The Hall–Kier alpha value is -4.28. The Morgan fingerprint density at radius 2 is 1.71 bits per heavy atom. The number of nitrogens with zero attached hydrogens (tertiary/aromatic N) is 4. The average Bonchev–Trinajstić information content (AvgIpc) is 2.88. The molecule has 0 radical (unpaired) electrons. The molecule has 7 nitrogen and oxygen atoms in total. The van der Waals surface area contributed by atoms with E-state index < -0.39 is 0 Å². The molecule has 3 aromatic rings. The van der Waals surface area contributed by atoms with Crippen LogP contribution in [0.4, 0.5) is 11.4 Å². The first-order valence-electron chi connectivity index (χ1n) is 11.3. The molecule has 1 saturated heterocycles. The maximum atomic E-state index is 11.8. The SMILES string of the molecule is C=Nc1c(/C(O)=C(\N=O)c2ccc(N3C[C@@H](C)O[C@@H](C)C3)cc2)cccc1-c1ccc(C#N)cc1. The number of nitriles is 1. The highest BCUT2D eigenvalue weighted by Gasteiger charge is 2.23. The smallest absolute Gasteiger partial charge is 0.157 e. The Balaban J connectivity index is 1.71. The number of rotatable bonds is 6. The average molecular weight is 467 g/mol. The summed E-state index contributed by atoms with van der Waals surface area (Å²) in [5, 5.41) is 23.3. The van der Waals surface area contributed by atoms with Gasteiger partial charge in [-0.05, 0) is 61.6 Å². The van der Waals surface area contributed by atoms with Crippen LogP contribution in [-0.4, -0.2) is 37.1 Å². The summed E-state index contributed by atoms with van der Waals surface area (Å²) in [5.41, 5.74) is 4.25. The van der Waals surface area contributed by atoms with E-state index in [4.69, 9.17) is 10.00 Å². The van der Waals surface area contributed by atoms with Crippen molar-refractivity contribution >= 4 is 29.5 Å². The molecule has 0 unspecified atom stereocenters. The van der Waals surface area contributed by atoms with E-state index in [0.717, 1.165) is 24.3 Å². The molecular formula is C28H26N4O3. The summed E-state index contributed by atoms with van der Waals surface area (Å²) in [6.45, 7) is 9.31. The summed E-state index contributed by atoms with van der Waals surface area (Å²) < 4.78 is 5.81. The Morgan fingerprint density at radius 3 is 2.29 bits per heavy atom. The molecular weight excluding hydrogens is 440 g/mol. The lowest BCUT2D eigenvalue weighted by atomic mass is 9.97. The minimum atomic E-state index is -0.278. The van der Waals surface area contributed by atoms with Gasteiger partial charge < -0.3 is 14.7 Å². The van der Waals surface area contributed by atoms with Gasteiger partial charge in [-0.1, -0.05) is 36.4 Å². The van der Waals surface area contributed by atoms with E-state index >= 15 is 0 Å². The second kappa shape index (κ2) is 10.3. The molecule has 4 rings (SSSR count). The summed E-state index contributed by atoms with van der Waals surface area (Å²) in [5.74, 6) is -0.278. The van der Waals surface area contributed by atoms with Gasteiger partial charge in [-0.3, -0.25) is 4.99 Å². The molecule has 35 heavy (non-hydrogen) atoms. The Bertz CT molecular complexity index is 1300. The first-order valence-corrected chi connectivity index (χ1v) is 11.3. The van der Waals surface area contributed by atoms with Crippen molar-refractivity contribution < 1.29 is 9.84 Å². The third-order valence-corrected chi connectivity index (χ3v) is 6.02. The van der Waals surface area contributed by atoms with Crippen LogP contribution in [0.3, 0.4) is 0 Å². The van der Waals surface area contributed by atoms with Gasteiger partial charge in [-0.2, -0.15) is 5.26 Å². The molecule has 1 heterocycles. The number of para-hydroxylation sites is 1. The monoisotopic (exact) mass is 466 g/mol. The Morgan fingerprint density at radius 1 is 1.06 bits per heavy atom. The van der Waals surface area contributed by atoms with Gasteiger partial charge in [0.2, 0.25) is 0 Å². The van der Waals surface area contributed by atoms with Crippen molar-refractivity contribution in [1.29, 1.82) is 5.26 Å². The molecule has 0 saturated carbocycles. The summed E-state index contributed by atoms with van der Waals surface area (Å²) in [4.78, 5) is 18.2. The van der Waals surface area contributed by atoms with Crippen molar-refractivity contribution in [3.63, 3.8) is 0 Å². The molecule has 0 aliphatic carbocycles. The van der Waals surface area contributed by atoms with Crippen LogP contribution in [0.15, 0.2) is 76.9 Å². The third-order valence-electron chi connectivity index (χ3n) is 6.02. The van der Waals surface area contributed by atoms with E-state index in [-0.39, 0.29) is 23.7 Å². The van der Waals surface area contributed by atoms with Gasteiger partial charge in [0.05, 0.1) is 29.5 Å². The van der Waals surface area contributed by atoms with Crippen LogP contribution in [0.25, 0.3) is 22.6 Å². The summed E-state index contributed by atoms with van der Waals surface area (Å²) in [6, 6.07) is 21.8. The standard InChI is InChI=1S/C28H26N4O3/c1-18-16-32(17-19(2)35-18)23-13-11-22(12-14-23)26(31-34)28(33)25-6-4-5-24(27(25)30-3)21-9-7-20(15-29)8-10-21/h4-14,18-19,33H,3,16-17H2,1-2H3/b28-26+/t18-,19+. The quantitative estimate of drug-likeness (QED) is 0.198. The minimum Gasteiger partial charge on any atom is -0.505 e. The molecule has 0 spiro atoms. The number of aliphatic imine (C=N–C) groups is 1. The zero-order valence-electron chi connectivity index (χ0n) is 19.7. The van der Waals surface area contributed by atoms with Gasteiger partial charge >= 0.3 is 0 Å². The van der Waals surface area contributed by atoms with Crippen LogP contribution in [-0.2, 0) is 4.74 Å². The molecule has 1 aliphatic rings. The van der Waals surface area contributed by atoms with Crippen LogP contribution in [0, 0.1) is 16.2 Å². The van der Waals surface area contributed by atoms with Crippen molar-refractivity contribution in [2.45, 2.75) is 26.1 Å². The van der Waals surface area contributed by atoms with E-state index in [2.05, 4.69) is 27.9 Å². The second-order valence-corrected chi connectivity index (χ2v) is 8.55. The first kappa shape index (κ1) is 23.9. The predicted octanol–water partition coefficient (Wildman–Crippen LogP) is 6.32. The van der Waals surface area contributed by atoms with Crippen molar-refractivity contribution in [2.75, 3.05) is 18.0 Å². The fourth-order valence-corrected chi connectivity index (χ4v) is 4.44. The highest BCUT2D eigenvalue weighted by Crippen LogP contribution is 2.38. The number of nitroso groups, excluding NO2 is 1. The fourth-order valence-electron chi connectivity index (χ4n) is 4.44. The Kier molecular flexibility index (Phi) is 7.04.